The largest absolute Gasteiger partial charge is 0.496 e. The van der Waals surface area contributed by atoms with E-state index in [-0.39, 0.29) is 5.91 Å². The van der Waals surface area contributed by atoms with Crippen LogP contribution in [0.3, 0.4) is 0 Å². The molecule has 168 valence electrons. The van der Waals surface area contributed by atoms with E-state index in [1.807, 2.05) is 6.07 Å². The predicted molar refractivity (Wildman–Crippen MR) is 121 cm³/mol. The fourth-order valence-electron chi connectivity index (χ4n) is 3.79. The zero-order valence-corrected chi connectivity index (χ0v) is 18.7. The van der Waals surface area contributed by atoms with Crippen molar-refractivity contribution in [2.75, 3.05) is 60.6 Å². The molecule has 0 saturated carbocycles. The Kier molecular flexibility index (Phi) is 8.55. The molecule has 1 aliphatic heterocycles. The third-order valence-electron chi connectivity index (χ3n) is 5.65. The standard InChI is InChI=1S/C24H33N3O4/c1-29-21-16-23(31-3)22(30-2)15-20(21)17-25-24(28)18-27-13-11-26(12-14-27)10-9-19-7-5-4-6-8-19/h4-8,15-16H,9-14,17-18H2,1-3H3,(H,25,28). The highest BCUT2D eigenvalue weighted by Crippen LogP contribution is 2.34. The van der Waals surface area contributed by atoms with Gasteiger partial charge in [0, 0.05) is 50.9 Å². The van der Waals surface area contributed by atoms with E-state index in [2.05, 4.69) is 45.4 Å². The Morgan fingerprint density at radius 3 is 2.13 bits per heavy atom. The van der Waals surface area contributed by atoms with Gasteiger partial charge >= 0.3 is 0 Å². The Hall–Kier alpha value is -2.77. The Bertz CT molecular complexity index is 836. The van der Waals surface area contributed by atoms with E-state index in [0.717, 1.165) is 44.7 Å². The first-order valence-corrected chi connectivity index (χ1v) is 10.7. The van der Waals surface area contributed by atoms with Gasteiger partial charge in [0.25, 0.3) is 0 Å². The van der Waals surface area contributed by atoms with Crippen molar-refractivity contribution in [2.24, 2.45) is 0 Å². The summed E-state index contributed by atoms with van der Waals surface area (Å²) in [6, 6.07) is 14.2. The molecule has 1 fully saturated rings. The minimum Gasteiger partial charge on any atom is -0.496 e. The fourth-order valence-corrected chi connectivity index (χ4v) is 3.79. The van der Waals surface area contributed by atoms with Crippen molar-refractivity contribution >= 4 is 5.91 Å². The second-order valence-electron chi connectivity index (χ2n) is 7.65. The molecular formula is C24H33N3O4. The smallest absolute Gasteiger partial charge is 0.234 e. The molecule has 1 saturated heterocycles. The van der Waals surface area contributed by atoms with Crippen molar-refractivity contribution in [1.29, 1.82) is 0 Å². The van der Waals surface area contributed by atoms with Gasteiger partial charge in [-0.1, -0.05) is 30.3 Å². The molecule has 0 radical (unpaired) electrons. The number of carbonyl (C=O) groups excluding carboxylic acids is 1. The van der Waals surface area contributed by atoms with E-state index < -0.39 is 0 Å². The zero-order valence-electron chi connectivity index (χ0n) is 18.7. The molecule has 3 rings (SSSR count). The number of benzene rings is 2. The minimum absolute atomic E-state index is 0.00886. The monoisotopic (exact) mass is 427 g/mol. The molecule has 0 atom stereocenters. The normalized spacial score (nSPS) is 14.8. The summed E-state index contributed by atoms with van der Waals surface area (Å²) >= 11 is 0. The van der Waals surface area contributed by atoms with Gasteiger partial charge < -0.3 is 24.4 Å². The summed E-state index contributed by atoms with van der Waals surface area (Å²) in [4.78, 5) is 17.2. The van der Waals surface area contributed by atoms with Crippen LogP contribution < -0.4 is 19.5 Å². The molecule has 0 unspecified atom stereocenters. The van der Waals surface area contributed by atoms with Crippen LogP contribution >= 0.6 is 0 Å². The van der Waals surface area contributed by atoms with Gasteiger partial charge in [-0.15, -0.1) is 0 Å². The highest BCUT2D eigenvalue weighted by atomic mass is 16.5. The molecule has 0 aromatic heterocycles. The van der Waals surface area contributed by atoms with Crippen molar-refractivity contribution in [3.05, 3.63) is 53.6 Å². The van der Waals surface area contributed by atoms with E-state index in [9.17, 15) is 4.79 Å². The van der Waals surface area contributed by atoms with E-state index in [1.165, 1.54) is 5.56 Å². The lowest BCUT2D eigenvalue weighted by Crippen LogP contribution is -2.49. The van der Waals surface area contributed by atoms with Gasteiger partial charge in [0.2, 0.25) is 5.91 Å². The molecule has 1 amide bonds. The summed E-state index contributed by atoms with van der Waals surface area (Å²) in [5.41, 5.74) is 2.22. The van der Waals surface area contributed by atoms with Gasteiger partial charge in [-0.05, 0) is 18.1 Å². The van der Waals surface area contributed by atoms with Gasteiger partial charge in [0.05, 0.1) is 27.9 Å². The third-order valence-corrected chi connectivity index (χ3v) is 5.65. The number of methoxy groups -OCH3 is 3. The third kappa shape index (κ3) is 6.60. The molecule has 2 aromatic rings. The molecule has 1 N–H and O–H groups in total. The second kappa shape index (κ2) is 11.6. The summed E-state index contributed by atoms with van der Waals surface area (Å²) in [6.07, 6.45) is 1.06. The topological polar surface area (TPSA) is 63.3 Å². The lowest BCUT2D eigenvalue weighted by Gasteiger charge is -2.34. The summed E-state index contributed by atoms with van der Waals surface area (Å²) in [5, 5.41) is 3.00. The molecule has 31 heavy (non-hydrogen) atoms. The van der Waals surface area contributed by atoms with Gasteiger partial charge in [-0.25, -0.2) is 0 Å². The van der Waals surface area contributed by atoms with Crippen LogP contribution in [0, 0.1) is 0 Å². The Morgan fingerprint density at radius 1 is 0.871 bits per heavy atom. The van der Waals surface area contributed by atoms with Gasteiger partial charge in [0.1, 0.15) is 5.75 Å². The number of hydrogen-bond acceptors (Lipinski definition) is 6. The second-order valence-corrected chi connectivity index (χ2v) is 7.65. The summed E-state index contributed by atoms with van der Waals surface area (Å²) in [6.45, 7) is 5.63. The number of piperazine rings is 1. The first kappa shape index (κ1) is 22.9. The van der Waals surface area contributed by atoms with Crippen LogP contribution in [-0.4, -0.2) is 76.3 Å². The molecule has 1 aliphatic rings. The Morgan fingerprint density at radius 2 is 1.48 bits per heavy atom. The van der Waals surface area contributed by atoms with E-state index in [1.54, 1.807) is 27.4 Å². The SMILES string of the molecule is COc1cc(OC)c(OC)cc1CNC(=O)CN1CCN(CCc2ccccc2)CC1. The highest BCUT2D eigenvalue weighted by Gasteiger charge is 2.19. The van der Waals surface area contributed by atoms with Crippen LogP contribution in [0.25, 0.3) is 0 Å². The predicted octanol–water partition coefficient (Wildman–Crippen LogP) is 2.19. The number of rotatable bonds is 10. The lowest BCUT2D eigenvalue weighted by molar-refractivity contribution is -0.122. The van der Waals surface area contributed by atoms with Crippen molar-refractivity contribution in [1.82, 2.24) is 15.1 Å². The molecule has 0 aliphatic carbocycles. The maximum atomic E-state index is 12.5. The van der Waals surface area contributed by atoms with Gasteiger partial charge in [-0.2, -0.15) is 0 Å². The summed E-state index contributed by atoms with van der Waals surface area (Å²) in [5.74, 6) is 1.87. The Balaban J connectivity index is 1.42. The van der Waals surface area contributed by atoms with Crippen molar-refractivity contribution in [3.63, 3.8) is 0 Å². The molecule has 0 bridgehead atoms. The van der Waals surface area contributed by atoms with E-state index in [0.29, 0.717) is 30.3 Å². The molecule has 7 nitrogen and oxygen atoms in total. The molecule has 0 spiro atoms. The van der Waals surface area contributed by atoms with Crippen LogP contribution in [0.15, 0.2) is 42.5 Å². The minimum atomic E-state index is 0.00886. The summed E-state index contributed by atoms with van der Waals surface area (Å²) in [7, 11) is 4.77. The molecule has 7 heteroatoms. The van der Waals surface area contributed by atoms with E-state index >= 15 is 0 Å². The van der Waals surface area contributed by atoms with Gasteiger partial charge in [-0.3, -0.25) is 9.69 Å². The van der Waals surface area contributed by atoms with Crippen LogP contribution in [0.2, 0.25) is 0 Å². The van der Waals surface area contributed by atoms with Crippen LogP contribution in [0.1, 0.15) is 11.1 Å². The Labute approximate surface area is 184 Å². The first-order valence-electron chi connectivity index (χ1n) is 10.7. The number of nitrogens with one attached hydrogen (secondary N) is 1. The van der Waals surface area contributed by atoms with E-state index in [4.69, 9.17) is 14.2 Å². The fraction of sp³-hybridized carbons (Fsp3) is 0.458. The quantitative estimate of drug-likeness (QED) is 0.627. The van der Waals surface area contributed by atoms with Crippen LogP contribution in [-0.2, 0) is 17.8 Å². The first-order chi connectivity index (χ1) is 15.1. The molecule has 1 heterocycles. The van der Waals surface area contributed by atoms with Crippen LogP contribution in [0.4, 0.5) is 0 Å². The lowest BCUT2D eigenvalue weighted by atomic mass is 10.1. The number of nitrogens with zero attached hydrogens (tertiary/aromatic N) is 2. The van der Waals surface area contributed by atoms with Gasteiger partial charge in [0.15, 0.2) is 11.5 Å². The average molecular weight is 428 g/mol. The maximum Gasteiger partial charge on any atom is 0.234 e. The summed E-state index contributed by atoms with van der Waals surface area (Å²) < 4.78 is 16.1. The average Bonchev–Trinajstić information content (AvgIpc) is 2.82. The highest BCUT2D eigenvalue weighted by molar-refractivity contribution is 5.78. The number of amides is 1. The maximum absolute atomic E-state index is 12.5. The number of hydrogen-bond donors (Lipinski definition) is 1. The molecular weight excluding hydrogens is 394 g/mol. The van der Waals surface area contributed by atoms with Crippen molar-refractivity contribution < 1.29 is 19.0 Å². The zero-order chi connectivity index (χ0) is 22.1. The number of ether oxygens (including phenoxy) is 3. The van der Waals surface area contributed by atoms with Crippen molar-refractivity contribution in [3.8, 4) is 17.2 Å². The van der Waals surface area contributed by atoms with Crippen molar-refractivity contribution in [2.45, 2.75) is 13.0 Å². The van der Waals surface area contributed by atoms with Crippen LogP contribution in [0.5, 0.6) is 17.2 Å². The molecule has 2 aromatic carbocycles. The number of carbonyl (C=O) groups is 1.